The third kappa shape index (κ3) is 5.25. The molecule has 6 heterocycles. The number of carbonyl (C=O) groups excluding carboxylic acids is 2. The molecular weight excluding hydrogens is 532 g/mol. The second-order valence-electron chi connectivity index (χ2n) is 11.9. The van der Waals surface area contributed by atoms with E-state index in [0.29, 0.717) is 38.0 Å². The number of anilines is 2. The average molecular weight is 573 g/mol. The first-order valence-corrected chi connectivity index (χ1v) is 14.9. The van der Waals surface area contributed by atoms with Gasteiger partial charge in [-0.3, -0.25) is 9.59 Å². The van der Waals surface area contributed by atoms with E-state index in [1.54, 1.807) is 12.7 Å². The molecule has 2 amide bonds. The van der Waals surface area contributed by atoms with E-state index in [9.17, 15) is 9.59 Å². The molecule has 222 valence electrons. The quantitative estimate of drug-likeness (QED) is 0.346. The Kier molecular flexibility index (Phi) is 7.70. The summed E-state index contributed by atoms with van der Waals surface area (Å²) in [4.78, 5) is 58.9. The smallest absolute Gasteiger partial charge is 0.223 e. The van der Waals surface area contributed by atoms with Crippen molar-refractivity contribution < 1.29 is 9.59 Å². The molecule has 4 aromatic heterocycles. The van der Waals surface area contributed by atoms with E-state index in [2.05, 4.69) is 53.6 Å². The molecule has 6 rings (SSSR count). The molecule has 0 saturated carbocycles. The third-order valence-corrected chi connectivity index (χ3v) is 9.42. The number of aromatic nitrogens is 6. The van der Waals surface area contributed by atoms with Crippen LogP contribution in [0.3, 0.4) is 0 Å². The topological polar surface area (TPSA) is 130 Å². The maximum Gasteiger partial charge on any atom is 0.223 e. The number of aromatic amines is 2. The second kappa shape index (κ2) is 11.6. The fourth-order valence-electron chi connectivity index (χ4n) is 6.68. The largest absolute Gasteiger partial charge is 0.354 e. The van der Waals surface area contributed by atoms with E-state index in [0.717, 1.165) is 46.5 Å². The number of nitrogens with zero attached hydrogens (tertiary/aromatic N) is 8. The fourth-order valence-corrected chi connectivity index (χ4v) is 6.68. The Morgan fingerprint density at radius 2 is 1.19 bits per heavy atom. The molecule has 0 bridgehead atoms. The van der Waals surface area contributed by atoms with Crippen molar-refractivity contribution in [1.82, 2.24) is 39.7 Å². The molecule has 4 atom stereocenters. The molecule has 2 aliphatic rings. The Labute approximate surface area is 245 Å². The summed E-state index contributed by atoms with van der Waals surface area (Å²) in [7, 11) is 4.08. The zero-order valence-corrected chi connectivity index (χ0v) is 24.8. The Morgan fingerprint density at radius 1 is 0.762 bits per heavy atom. The Balaban J connectivity index is 1.06. The highest BCUT2D eigenvalue weighted by Gasteiger charge is 2.35. The number of nitrogens with one attached hydrogen (secondary N) is 2. The van der Waals surface area contributed by atoms with Gasteiger partial charge < -0.3 is 29.6 Å². The lowest BCUT2D eigenvalue weighted by molar-refractivity contribution is -0.138. The van der Waals surface area contributed by atoms with E-state index in [4.69, 9.17) is 0 Å². The van der Waals surface area contributed by atoms with Gasteiger partial charge in [0.15, 0.2) is 0 Å². The third-order valence-electron chi connectivity index (χ3n) is 9.42. The van der Waals surface area contributed by atoms with E-state index in [1.807, 2.05) is 48.4 Å². The van der Waals surface area contributed by atoms with Gasteiger partial charge in [0.2, 0.25) is 11.8 Å². The summed E-state index contributed by atoms with van der Waals surface area (Å²) in [5, 5.41) is 1.94. The van der Waals surface area contributed by atoms with Crippen LogP contribution in [-0.2, 0) is 9.59 Å². The van der Waals surface area contributed by atoms with E-state index in [-0.39, 0.29) is 36.7 Å². The lowest BCUT2D eigenvalue weighted by Crippen LogP contribution is -2.53. The summed E-state index contributed by atoms with van der Waals surface area (Å²) in [6, 6.07) is 4.22. The van der Waals surface area contributed by atoms with Gasteiger partial charge in [0.1, 0.15) is 35.6 Å². The molecule has 12 heteroatoms. The molecule has 0 aromatic carbocycles. The molecule has 0 radical (unpaired) electrons. The normalized spacial score (nSPS) is 23.0. The molecule has 12 nitrogen and oxygen atoms in total. The number of hydrogen-bond donors (Lipinski definition) is 2. The molecule has 4 aromatic rings. The van der Waals surface area contributed by atoms with Crippen LogP contribution < -0.4 is 9.80 Å². The average Bonchev–Trinajstić information content (AvgIpc) is 3.69. The number of carbonyl (C=O) groups is 2. The Bertz CT molecular complexity index is 1450. The van der Waals surface area contributed by atoms with Crippen LogP contribution >= 0.6 is 0 Å². The van der Waals surface area contributed by atoms with Crippen LogP contribution in [-0.4, -0.2) is 104 Å². The number of rotatable bonds is 7. The number of likely N-dealkylation sites (tertiary alicyclic amines) is 2. The van der Waals surface area contributed by atoms with Gasteiger partial charge in [-0.1, -0.05) is 13.8 Å². The molecule has 0 unspecified atom stereocenters. The molecule has 2 aliphatic heterocycles. The van der Waals surface area contributed by atoms with Crippen molar-refractivity contribution >= 4 is 45.5 Å². The Morgan fingerprint density at radius 3 is 1.62 bits per heavy atom. The van der Waals surface area contributed by atoms with Crippen molar-refractivity contribution in [2.75, 3.05) is 50.1 Å². The highest BCUT2D eigenvalue weighted by atomic mass is 16.2. The number of amides is 2. The first kappa shape index (κ1) is 27.9. The maximum absolute atomic E-state index is 13.4. The van der Waals surface area contributed by atoms with Crippen LogP contribution in [0.4, 0.5) is 11.6 Å². The van der Waals surface area contributed by atoms with E-state index >= 15 is 0 Å². The summed E-state index contributed by atoms with van der Waals surface area (Å²) >= 11 is 0. The minimum absolute atomic E-state index is 0.0398. The Hall–Kier alpha value is -4.22. The van der Waals surface area contributed by atoms with Crippen molar-refractivity contribution in [3.8, 4) is 0 Å². The van der Waals surface area contributed by atoms with Gasteiger partial charge in [-0.15, -0.1) is 0 Å². The van der Waals surface area contributed by atoms with Gasteiger partial charge in [0.05, 0.1) is 22.9 Å². The maximum atomic E-state index is 13.4. The number of H-pyrrole nitrogens is 2. The molecule has 2 saturated heterocycles. The van der Waals surface area contributed by atoms with Gasteiger partial charge in [-0.25, -0.2) is 19.9 Å². The van der Waals surface area contributed by atoms with Gasteiger partial charge in [-0.05, 0) is 36.8 Å². The summed E-state index contributed by atoms with van der Waals surface area (Å²) in [6.45, 7) is 7.11. The highest BCUT2D eigenvalue weighted by molar-refractivity contribution is 5.88. The summed E-state index contributed by atoms with van der Waals surface area (Å²) in [5.41, 5.74) is 1.61. The predicted octanol–water partition coefficient (Wildman–Crippen LogP) is 3.06. The van der Waals surface area contributed by atoms with Crippen LogP contribution in [0.1, 0.15) is 39.5 Å². The van der Waals surface area contributed by atoms with Crippen LogP contribution in [0.25, 0.3) is 22.1 Å². The highest BCUT2D eigenvalue weighted by Crippen LogP contribution is 2.30. The van der Waals surface area contributed by atoms with Crippen molar-refractivity contribution in [1.29, 1.82) is 0 Å². The number of fused-ring (bicyclic) bond motifs is 2. The van der Waals surface area contributed by atoms with Gasteiger partial charge in [0.25, 0.3) is 0 Å². The van der Waals surface area contributed by atoms with Crippen LogP contribution in [0.15, 0.2) is 37.2 Å². The minimum Gasteiger partial charge on any atom is -0.354 e. The number of piperidine rings is 2. The van der Waals surface area contributed by atoms with Crippen molar-refractivity contribution in [3.63, 3.8) is 0 Å². The zero-order chi connectivity index (χ0) is 29.4. The second-order valence-corrected chi connectivity index (χ2v) is 11.9. The first-order valence-electron chi connectivity index (χ1n) is 14.9. The number of hydrogen-bond acceptors (Lipinski definition) is 8. The predicted molar refractivity (Wildman–Crippen MR) is 162 cm³/mol. The lowest BCUT2D eigenvalue weighted by atomic mass is 9.91. The number of likely N-dealkylation sites (N-methyl/N-ethyl adjacent to an activating group) is 2. The molecule has 2 fully saturated rings. The van der Waals surface area contributed by atoms with Crippen LogP contribution in [0.5, 0.6) is 0 Å². The van der Waals surface area contributed by atoms with Crippen LogP contribution in [0, 0.1) is 11.8 Å². The van der Waals surface area contributed by atoms with Crippen LogP contribution in [0.2, 0.25) is 0 Å². The van der Waals surface area contributed by atoms with E-state index < -0.39 is 0 Å². The summed E-state index contributed by atoms with van der Waals surface area (Å²) in [6.07, 6.45) is 9.15. The minimum atomic E-state index is 0.0398. The van der Waals surface area contributed by atoms with Gasteiger partial charge in [-0.2, -0.15) is 0 Å². The summed E-state index contributed by atoms with van der Waals surface area (Å²) < 4.78 is 0. The van der Waals surface area contributed by atoms with Gasteiger partial charge in [0, 0.05) is 65.5 Å². The summed E-state index contributed by atoms with van der Waals surface area (Å²) in [5.74, 6) is 2.60. The molecular formula is C30H40N10O2. The van der Waals surface area contributed by atoms with Crippen molar-refractivity contribution in [2.45, 2.75) is 51.6 Å². The molecule has 0 spiro atoms. The zero-order valence-electron chi connectivity index (χ0n) is 24.8. The molecule has 42 heavy (non-hydrogen) atoms. The van der Waals surface area contributed by atoms with Gasteiger partial charge >= 0.3 is 0 Å². The van der Waals surface area contributed by atoms with Crippen molar-refractivity contribution in [2.24, 2.45) is 11.8 Å². The SMILES string of the molecule is C[C@@H]1CCN(C(=O)CCC(=O)N2CC[C@@H](C)[C@H](N(C)c3ncnc4[nH]ccc34)C2)C[C@H]1N(C)c1ncnc2[nH]ccc12. The molecule has 2 N–H and O–H groups in total. The fraction of sp³-hybridized carbons (Fsp3) is 0.533. The van der Waals surface area contributed by atoms with Crippen molar-refractivity contribution in [3.05, 3.63) is 37.2 Å². The standard InChI is InChI=1S/C30H40N10O2/c1-19-9-13-39(15-23(19)37(3)29-21-7-11-31-27(21)33-17-35-29)25(41)5-6-26(42)40-14-10-20(2)24(16-40)38(4)30-22-8-12-32-28(22)34-18-36-30/h7-8,11-12,17-20,23-24H,5-6,9-10,13-16H2,1-4H3,(H,31,33,35)(H,32,34,36)/t19-,20-,23-,24-/m1/s1. The van der Waals surface area contributed by atoms with E-state index in [1.165, 1.54) is 0 Å². The molecule has 0 aliphatic carbocycles. The first-order chi connectivity index (χ1) is 20.3. The lowest BCUT2D eigenvalue weighted by Gasteiger charge is -2.43. The monoisotopic (exact) mass is 572 g/mol.